The van der Waals surface area contributed by atoms with Gasteiger partial charge in [0, 0.05) is 10.7 Å². The molecule has 0 unspecified atom stereocenters. The van der Waals surface area contributed by atoms with Crippen molar-refractivity contribution in [3.8, 4) is 0 Å². The molecule has 0 heterocycles. The van der Waals surface area contributed by atoms with Crippen LogP contribution in [-0.2, 0) is 9.05 Å². The summed E-state index contributed by atoms with van der Waals surface area (Å²) in [5.41, 5.74) is 0.0747. The minimum Gasteiger partial charge on any atom is -0.212 e. The lowest BCUT2D eigenvalue weighted by atomic mass is 9.87. The number of hydrogen-bond donors (Lipinski definition) is 0. The standard InChI is InChI=1S/C8H13ClO2S/c9-12(10,11)6-8-3-1-7(5-8)2-4-8/h7H,1-6H2. The van der Waals surface area contributed by atoms with E-state index < -0.39 is 9.05 Å². The van der Waals surface area contributed by atoms with Crippen LogP contribution < -0.4 is 0 Å². The summed E-state index contributed by atoms with van der Waals surface area (Å²) >= 11 is 0. The van der Waals surface area contributed by atoms with E-state index in [2.05, 4.69) is 0 Å². The van der Waals surface area contributed by atoms with Crippen LogP contribution >= 0.6 is 10.7 Å². The van der Waals surface area contributed by atoms with E-state index in [1.807, 2.05) is 0 Å². The Morgan fingerprint density at radius 2 is 1.92 bits per heavy atom. The van der Waals surface area contributed by atoms with Crippen molar-refractivity contribution in [1.82, 2.24) is 0 Å². The van der Waals surface area contributed by atoms with Crippen molar-refractivity contribution in [3.63, 3.8) is 0 Å². The summed E-state index contributed by atoms with van der Waals surface area (Å²) in [5.74, 6) is 1.00. The zero-order valence-corrected chi connectivity index (χ0v) is 8.50. The van der Waals surface area contributed by atoms with Crippen molar-refractivity contribution in [2.45, 2.75) is 32.1 Å². The molecule has 0 N–H and O–H groups in total. The normalized spacial score (nSPS) is 40.6. The number of halogens is 1. The van der Waals surface area contributed by atoms with Gasteiger partial charge < -0.3 is 0 Å². The van der Waals surface area contributed by atoms with Gasteiger partial charge in [-0.25, -0.2) is 8.42 Å². The number of rotatable bonds is 2. The van der Waals surface area contributed by atoms with Crippen LogP contribution in [0.1, 0.15) is 32.1 Å². The molecule has 0 radical (unpaired) electrons. The van der Waals surface area contributed by atoms with Crippen LogP contribution in [0, 0.1) is 11.3 Å². The zero-order valence-electron chi connectivity index (χ0n) is 6.92. The lowest BCUT2D eigenvalue weighted by Crippen LogP contribution is -2.23. The molecule has 0 atom stereocenters. The quantitative estimate of drug-likeness (QED) is 0.652. The summed E-state index contributed by atoms with van der Waals surface area (Å²) in [6.07, 6.45) is 5.67. The number of fused-ring (bicyclic) bond motifs is 2. The molecular formula is C8H13ClO2S. The first-order chi connectivity index (χ1) is 5.49. The summed E-state index contributed by atoms with van der Waals surface area (Å²) in [6, 6.07) is 0. The Hall–Kier alpha value is 0.240. The van der Waals surface area contributed by atoms with E-state index in [1.165, 1.54) is 12.8 Å². The van der Waals surface area contributed by atoms with Crippen molar-refractivity contribution in [2.75, 3.05) is 5.75 Å². The predicted octanol–water partition coefficient (Wildman–Crippen LogP) is 2.14. The average molecular weight is 209 g/mol. The zero-order chi connectivity index (χ0) is 8.82. The highest BCUT2D eigenvalue weighted by Crippen LogP contribution is 2.54. The Balaban J connectivity index is 2.13. The fourth-order valence-electron chi connectivity index (χ4n) is 2.88. The van der Waals surface area contributed by atoms with Gasteiger partial charge in [0.25, 0.3) is 0 Å². The van der Waals surface area contributed by atoms with Gasteiger partial charge in [-0.15, -0.1) is 0 Å². The van der Waals surface area contributed by atoms with Crippen molar-refractivity contribution >= 4 is 19.7 Å². The topological polar surface area (TPSA) is 34.1 Å². The molecule has 2 fully saturated rings. The van der Waals surface area contributed by atoms with Crippen LogP contribution in [0.25, 0.3) is 0 Å². The molecule has 0 saturated heterocycles. The maximum Gasteiger partial charge on any atom is 0.233 e. The third kappa shape index (κ3) is 1.62. The molecule has 2 saturated carbocycles. The highest BCUT2D eigenvalue weighted by atomic mass is 35.7. The molecule has 0 aliphatic heterocycles. The van der Waals surface area contributed by atoms with Crippen LogP contribution in [0.4, 0.5) is 0 Å². The third-order valence-corrected chi connectivity index (χ3v) is 4.65. The van der Waals surface area contributed by atoms with Gasteiger partial charge in [-0.1, -0.05) is 0 Å². The van der Waals surface area contributed by atoms with E-state index in [-0.39, 0.29) is 11.2 Å². The Morgan fingerprint density at radius 3 is 2.25 bits per heavy atom. The fourth-order valence-corrected chi connectivity index (χ4v) is 4.71. The van der Waals surface area contributed by atoms with Crippen LogP contribution in [0.15, 0.2) is 0 Å². The molecular weight excluding hydrogens is 196 g/mol. The summed E-state index contributed by atoms with van der Waals surface area (Å²) < 4.78 is 21.9. The maximum absolute atomic E-state index is 10.9. The molecule has 0 amide bonds. The van der Waals surface area contributed by atoms with E-state index in [0.29, 0.717) is 0 Å². The van der Waals surface area contributed by atoms with Crippen molar-refractivity contribution in [1.29, 1.82) is 0 Å². The van der Waals surface area contributed by atoms with Gasteiger partial charge in [-0.2, -0.15) is 0 Å². The second-order valence-corrected chi connectivity index (χ2v) is 7.11. The lowest BCUT2D eigenvalue weighted by Gasteiger charge is -2.24. The second kappa shape index (κ2) is 2.61. The molecule has 2 bridgehead atoms. The first-order valence-electron chi connectivity index (χ1n) is 4.42. The van der Waals surface area contributed by atoms with E-state index in [0.717, 1.165) is 25.2 Å². The smallest absolute Gasteiger partial charge is 0.212 e. The van der Waals surface area contributed by atoms with Gasteiger partial charge in [0.2, 0.25) is 9.05 Å². The molecule has 2 rings (SSSR count). The van der Waals surface area contributed by atoms with Gasteiger partial charge in [0.1, 0.15) is 0 Å². The summed E-state index contributed by atoms with van der Waals surface area (Å²) in [7, 11) is 1.99. The summed E-state index contributed by atoms with van der Waals surface area (Å²) in [5, 5.41) is 0. The first-order valence-corrected chi connectivity index (χ1v) is 6.89. The first kappa shape index (κ1) is 8.82. The van der Waals surface area contributed by atoms with Crippen LogP contribution in [0.5, 0.6) is 0 Å². The van der Waals surface area contributed by atoms with Crippen molar-refractivity contribution in [2.24, 2.45) is 11.3 Å². The molecule has 70 valence electrons. The van der Waals surface area contributed by atoms with Gasteiger partial charge in [-0.05, 0) is 43.4 Å². The Bertz CT molecular complexity index is 275. The molecule has 0 aromatic heterocycles. The minimum absolute atomic E-state index is 0.0747. The SMILES string of the molecule is O=S(=O)(Cl)CC12CCC(CC1)C2. The van der Waals surface area contributed by atoms with E-state index in [9.17, 15) is 8.42 Å². The average Bonchev–Trinajstić information content (AvgIpc) is 2.40. The Kier molecular flexibility index (Phi) is 1.92. The molecule has 2 nitrogen and oxygen atoms in total. The van der Waals surface area contributed by atoms with Gasteiger partial charge in [-0.3, -0.25) is 0 Å². The van der Waals surface area contributed by atoms with E-state index in [1.54, 1.807) is 0 Å². The van der Waals surface area contributed by atoms with Gasteiger partial charge in [0.15, 0.2) is 0 Å². The molecule has 0 aromatic carbocycles. The van der Waals surface area contributed by atoms with Crippen molar-refractivity contribution < 1.29 is 8.42 Å². The van der Waals surface area contributed by atoms with Gasteiger partial charge >= 0.3 is 0 Å². The van der Waals surface area contributed by atoms with Crippen LogP contribution in [0.3, 0.4) is 0 Å². The van der Waals surface area contributed by atoms with E-state index in [4.69, 9.17) is 10.7 Å². The molecule has 2 aliphatic rings. The Morgan fingerprint density at radius 1 is 1.33 bits per heavy atom. The van der Waals surface area contributed by atoms with Crippen molar-refractivity contribution in [3.05, 3.63) is 0 Å². The minimum atomic E-state index is -3.28. The van der Waals surface area contributed by atoms with Crippen LogP contribution in [-0.4, -0.2) is 14.2 Å². The summed E-state index contributed by atoms with van der Waals surface area (Å²) in [4.78, 5) is 0. The molecule has 0 spiro atoms. The highest BCUT2D eigenvalue weighted by molar-refractivity contribution is 8.13. The summed E-state index contributed by atoms with van der Waals surface area (Å²) in [6.45, 7) is 0. The van der Waals surface area contributed by atoms with Crippen LogP contribution in [0.2, 0.25) is 0 Å². The Labute approximate surface area is 77.7 Å². The van der Waals surface area contributed by atoms with Gasteiger partial charge in [0.05, 0.1) is 5.75 Å². The van der Waals surface area contributed by atoms with E-state index >= 15 is 0 Å². The largest absolute Gasteiger partial charge is 0.233 e. The predicted molar refractivity (Wildman–Crippen MR) is 48.6 cm³/mol. The molecule has 0 aromatic rings. The molecule has 2 aliphatic carbocycles. The number of hydrogen-bond acceptors (Lipinski definition) is 2. The second-order valence-electron chi connectivity index (χ2n) is 4.33. The monoisotopic (exact) mass is 208 g/mol. The molecule has 12 heavy (non-hydrogen) atoms. The third-order valence-electron chi connectivity index (χ3n) is 3.37. The molecule has 4 heteroatoms. The highest BCUT2D eigenvalue weighted by Gasteiger charge is 2.46. The lowest BCUT2D eigenvalue weighted by molar-refractivity contribution is 0.335. The maximum atomic E-state index is 10.9. The fraction of sp³-hybridized carbons (Fsp3) is 1.00.